The van der Waals surface area contributed by atoms with Gasteiger partial charge in [0, 0.05) is 16.3 Å². The van der Waals surface area contributed by atoms with Gasteiger partial charge in [-0.3, -0.25) is 4.79 Å². The van der Waals surface area contributed by atoms with Crippen LogP contribution >= 0.6 is 23.4 Å². The fourth-order valence-corrected chi connectivity index (χ4v) is 3.59. The van der Waals surface area contributed by atoms with Gasteiger partial charge in [0.15, 0.2) is 5.78 Å². The van der Waals surface area contributed by atoms with E-state index >= 15 is 0 Å². The van der Waals surface area contributed by atoms with Gasteiger partial charge in [-0.2, -0.15) is 5.26 Å². The van der Waals surface area contributed by atoms with Crippen LogP contribution < -0.4 is 5.32 Å². The first-order chi connectivity index (χ1) is 10.5. The lowest BCUT2D eigenvalue weighted by Crippen LogP contribution is -2.27. The van der Waals surface area contributed by atoms with Crippen molar-refractivity contribution in [2.75, 3.05) is 5.75 Å². The third-order valence-corrected chi connectivity index (χ3v) is 4.67. The molecule has 0 amide bonds. The van der Waals surface area contributed by atoms with E-state index in [-0.39, 0.29) is 11.7 Å². The van der Waals surface area contributed by atoms with Crippen LogP contribution in [0.1, 0.15) is 32.3 Å². The summed E-state index contributed by atoms with van der Waals surface area (Å²) in [6.45, 7) is 5.45. The quantitative estimate of drug-likeness (QED) is 0.889. The Labute approximate surface area is 140 Å². The number of carbonyl (C=O) groups excluding carboxylic acids is 1. The molecule has 1 atom stereocenters. The Morgan fingerprint density at radius 2 is 2.05 bits per heavy atom. The fourth-order valence-electron chi connectivity index (χ4n) is 2.63. The van der Waals surface area contributed by atoms with Gasteiger partial charge in [0.05, 0.1) is 22.6 Å². The summed E-state index contributed by atoms with van der Waals surface area (Å²) in [6, 6.07) is 9.61. The zero-order chi connectivity index (χ0) is 16.3. The molecule has 0 bridgehead atoms. The standard InChI is InChI=1S/C17H17ClN2OS/c1-4-22-17-14(9-19)16(12-5-7-13(18)8-6-12)15(11(3)21)10(2)20-17/h5-8,16,20H,4H2,1-3H3/t16-/m1/s1. The molecule has 1 N–H and O–H groups in total. The van der Waals surface area contributed by atoms with Crippen LogP contribution in [-0.2, 0) is 4.79 Å². The monoisotopic (exact) mass is 332 g/mol. The van der Waals surface area contributed by atoms with Gasteiger partial charge in [0.1, 0.15) is 0 Å². The molecule has 1 aliphatic rings. The second-order valence-corrected chi connectivity index (χ2v) is 6.70. The molecule has 0 spiro atoms. The van der Waals surface area contributed by atoms with Crippen LogP contribution in [0.2, 0.25) is 5.02 Å². The molecule has 0 saturated heterocycles. The number of carbonyl (C=O) groups is 1. The molecule has 1 heterocycles. The minimum Gasteiger partial charge on any atom is -0.353 e. The van der Waals surface area contributed by atoms with Crippen LogP contribution in [-0.4, -0.2) is 11.5 Å². The van der Waals surface area contributed by atoms with E-state index in [1.54, 1.807) is 23.9 Å². The summed E-state index contributed by atoms with van der Waals surface area (Å²) in [4.78, 5) is 12.1. The highest BCUT2D eigenvalue weighted by molar-refractivity contribution is 8.03. The van der Waals surface area contributed by atoms with Gasteiger partial charge in [-0.1, -0.05) is 30.7 Å². The molecule has 0 aromatic heterocycles. The van der Waals surface area contributed by atoms with Crippen molar-refractivity contribution < 1.29 is 4.79 Å². The molecule has 0 radical (unpaired) electrons. The summed E-state index contributed by atoms with van der Waals surface area (Å²) in [5.41, 5.74) is 2.94. The second kappa shape index (κ2) is 7.04. The van der Waals surface area contributed by atoms with Gasteiger partial charge >= 0.3 is 0 Å². The summed E-state index contributed by atoms with van der Waals surface area (Å²) in [7, 11) is 0. The molecule has 2 rings (SSSR count). The summed E-state index contributed by atoms with van der Waals surface area (Å²) in [5.74, 6) is 0.483. The van der Waals surface area contributed by atoms with Crippen LogP contribution in [0.5, 0.6) is 0 Å². The third kappa shape index (κ3) is 3.21. The van der Waals surface area contributed by atoms with Crippen LogP contribution in [0.15, 0.2) is 46.1 Å². The Kier molecular flexibility index (Phi) is 5.33. The lowest BCUT2D eigenvalue weighted by molar-refractivity contribution is -0.113. The van der Waals surface area contributed by atoms with Crippen molar-refractivity contribution in [2.24, 2.45) is 0 Å². The van der Waals surface area contributed by atoms with Crippen molar-refractivity contribution in [3.63, 3.8) is 0 Å². The Bertz CT molecular complexity index is 698. The summed E-state index contributed by atoms with van der Waals surface area (Å²) < 4.78 is 0. The minimum absolute atomic E-state index is 0.0294. The van der Waals surface area contributed by atoms with E-state index in [4.69, 9.17) is 11.6 Å². The first kappa shape index (κ1) is 16.7. The van der Waals surface area contributed by atoms with E-state index in [1.165, 1.54) is 6.92 Å². The molecule has 1 aromatic carbocycles. The SMILES string of the molecule is CCSC1=C(C#N)[C@@H](c2ccc(Cl)cc2)C(C(C)=O)=C(C)N1. The molecular weight excluding hydrogens is 316 g/mol. The average molecular weight is 333 g/mol. The smallest absolute Gasteiger partial charge is 0.158 e. The molecule has 0 saturated carbocycles. The maximum atomic E-state index is 12.1. The molecular formula is C17H17ClN2OS. The predicted molar refractivity (Wildman–Crippen MR) is 91.5 cm³/mol. The number of hydrogen-bond acceptors (Lipinski definition) is 4. The third-order valence-electron chi connectivity index (χ3n) is 3.52. The van der Waals surface area contributed by atoms with Gasteiger partial charge in [-0.15, -0.1) is 11.8 Å². The highest BCUT2D eigenvalue weighted by Gasteiger charge is 2.32. The highest BCUT2D eigenvalue weighted by Crippen LogP contribution is 2.40. The number of hydrogen-bond donors (Lipinski definition) is 1. The van der Waals surface area contributed by atoms with Gasteiger partial charge in [-0.25, -0.2) is 0 Å². The molecule has 0 aliphatic carbocycles. The number of dihydropyridines is 1. The van der Waals surface area contributed by atoms with Gasteiger partial charge < -0.3 is 5.32 Å². The number of benzene rings is 1. The Balaban J connectivity index is 2.63. The Hall–Kier alpha value is -1.70. The maximum Gasteiger partial charge on any atom is 0.158 e. The topological polar surface area (TPSA) is 52.9 Å². The van der Waals surface area contributed by atoms with Crippen LogP contribution in [0.3, 0.4) is 0 Å². The maximum absolute atomic E-state index is 12.1. The number of rotatable bonds is 4. The van der Waals surface area contributed by atoms with Crippen molar-refractivity contribution >= 4 is 29.1 Å². The molecule has 5 heteroatoms. The number of allylic oxidation sites excluding steroid dienone is 3. The largest absolute Gasteiger partial charge is 0.353 e. The lowest BCUT2D eigenvalue weighted by atomic mass is 9.81. The fraction of sp³-hybridized carbons (Fsp3) is 0.294. The van der Waals surface area contributed by atoms with Gasteiger partial charge in [0.25, 0.3) is 0 Å². The zero-order valence-corrected chi connectivity index (χ0v) is 14.3. The highest BCUT2D eigenvalue weighted by atomic mass is 35.5. The second-order valence-electron chi connectivity index (χ2n) is 4.99. The molecule has 1 aromatic rings. The lowest BCUT2D eigenvalue weighted by Gasteiger charge is -2.29. The normalized spacial score (nSPS) is 18.0. The first-order valence-corrected chi connectivity index (χ1v) is 8.37. The van der Waals surface area contributed by atoms with E-state index in [0.29, 0.717) is 16.2 Å². The first-order valence-electron chi connectivity index (χ1n) is 7.00. The molecule has 1 aliphatic heterocycles. The van der Waals surface area contributed by atoms with E-state index < -0.39 is 0 Å². The molecule has 0 fully saturated rings. The minimum atomic E-state index is -0.338. The van der Waals surface area contributed by atoms with E-state index in [9.17, 15) is 10.1 Å². The van der Waals surface area contributed by atoms with Crippen LogP contribution in [0.25, 0.3) is 0 Å². The number of Topliss-reactive ketones (excluding diaryl/α,β-unsaturated/α-hetero) is 1. The van der Waals surface area contributed by atoms with Crippen molar-refractivity contribution in [2.45, 2.75) is 26.7 Å². The Morgan fingerprint density at radius 3 is 2.55 bits per heavy atom. The van der Waals surface area contributed by atoms with Crippen molar-refractivity contribution in [1.29, 1.82) is 5.26 Å². The summed E-state index contributed by atoms with van der Waals surface area (Å²) in [5, 5.41) is 14.3. The van der Waals surface area contributed by atoms with E-state index in [1.807, 2.05) is 26.0 Å². The number of halogens is 1. The number of ketones is 1. The molecule has 0 unspecified atom stereocenters. The number of nitrogens with zero attached hydrogens (tertiary/aromatic N) is 1. The summed E-state index contributed by atoms with van der Waals surface area (Å²) >= 11 is 7.53. The predicted octanol–water partition coefficient (Wildman–Crippen LogP) is 4.38. The average Bonchev–Trinajstić information content (AvgIpc) is 2.47. The number of thioether (sulfide) groups is 1. The van der Waals surface area contributed by atoms with Gasteiger partial charge in [-0.05, 0) is 37.3 Å². The van der Waals surface area contributed by atoms with Crippen LogP contribution in [0.4, 0.5) is 0 Å². The number of nitrogens with one attached hydrogen (secondary N) is 1. The van der Waals surface area contributed by atoms with E-state index in [0.717, 1.165) is 22.0 Å². The van der Waals surface area contributed by atoms with Crippen molar-refractivity contribution in [1.82, 2.24) is 5.32 Å². The number of nitriles is 1. The van der Waals surface area contributed by atoms with Gasteiger partial charge in [0.2, 0.25) is 0 Å². The summed E-state index contributed by atoms with van der Waals surface area (Å²) in [6.07, 6.45) is 0. The zero-order valence-electron chi connectivity index (χ0n) is 12.7. The molecule has 22 heavy (non-hydrogen) atoms. The molecule has 3 nitrogen and oxygen atoms in total. The molecule has 114 valence electrons. The van der Waals surface area contributed by atoms with E-state index in [2.05, 4.69) is 11.4 Å². The van der Waals surface area contributed by atoms with Crippen molar-refractivity contribution in [3.8, 4) is 6.07 Å². The Morgan fingerprint density at radius 1 is 1.41 bits per heavy atom. The van der Waals surface area contributed by atoms with Crippen molar-refractivity contribution in [3.05, 3.63) is 56.7 Å². The van der Waals surface area contributed by atoms with Crippen LogP contribution in [0, 0.1) is 11.3 Å².